The Kier molecular flexibility index (Phi) is 6.25. The highest BCUT2D eigenvalue weighted by Crippen LogP contribution is 2.05. The van der Waals surface area contributed by atoms with E-state index in [0.717, 1.165) is 5.56 Å². The van der Waals surface area contributed by atoms with Crippen LogP contribution in [-0.4, -0.2) is 24.1 Å². The fourth-order valence-electron chi connectivity index (χ4n) is 2.13. The van der Waals surface area contributed by atoms with Gasteiger partial charge in [-0.1, -0.05) is 62.4 Å². The second kappa shape index (κ2) is 8.62. The fourth-order valence-corrected chi connectivity index (χ4v) is 2.13. The minimum Gasteiger partial charge on any atom is -0.340 e. The summed E-state index contributed by atoms with van der Waals surface area (Å²) in [5, 5.41) is 6.71. The average Bonchev–Trinajstić information content (AvgIpc) is 2.60. The van der Waals surface area contributed by atoms with Crippen LogP contribution in [-0.2, 0) is 4.79 Å². The Hall–Kier alpha value is -2.95. The molecule has 0 aliphatic carbocycles. The topological polar surface area (TPSA) is 70.6 Å². The summed E-state index contributed by atoms with van der Waals surface area (Å²) in [7, 11) is 0. The van der Waals surface area contributed by atoms with Crippen molar-refractivity contribution in [3.05, 3.63) is 71.8 Å². The van der Waals surface area contributed by atoms with E-state index in [1.54, 1.807) is 30.5 Å². The van der Waals surface area contributed by atoms with Crippen molar-refractivity contribution in [2.75, 3.05) is 0 Å². The first kappa shape index (κ1) is 17.4. The summed E-state index contributed by atoms with van der Waals surface area (Å²) in [6.45, 7) is 3.74. The van der Waals surface area contributed by atoms with Gasteiger partial charge in [0.15, 0.2) is 0 Å². The SMILES string of the molecule is CC(C)[C@@H](NC(=O)c1ccccc1)C(=O)N/N=C\c1ccccc1. The predicted octanol–water partition coefficient (Wildman–Crippen LogP) is 2.59. The van der Waals surface area contributed by atoms with E-state index in [9.17, 15) is 9.59 Å². The van der Waals surface area contributed by atoms with Crippen LogP contribution in [0.25, 0.3) is 0 Å². The molecule has 0 radical (unpaired) electrons. The predicted molar refractivity (Wildman–Crippen MR) is 94.7 cm³/mol. The molecule has 0 saturated carbocycles. The Bertz CT molecular complexity index is 697. The zero-order valence-electron chi connectivity index (χ0n) is 13.8. The summed E-state index contributed by atoms with van der Waals surface area (Å²) >= 11 is 0. The third kappa shape index (κ3) is 5.05. The van der Waals surface area contributed by atoms with E-state index < -0.39 is 6.04 Å². The minimum absolute atomic E-state index is 0.0652. The highest BCUT2D eigenvalue weighted by Gasteiger charge is 2.24. The van der Waals surface area contributed by atoms with Crippen molar-refractivity contribution in [2.24, 2.45) is 11.0 Å². The second-order valence-corrected chi connectivity index (χ2v) is 5.71. The maximum atomic E-state index is 12.3. The normalized spacial score (nSPS) is 12.1. The van der Waals surface area contributed by atoms with Crippen molar-refractivity contribution in [2.45, 2.75) is 19.9 Å². The van der Waals surface area contributed by atoms with E-state index >= 15 is 0 Å². The Morgan fingerprint density at radius 2 is 1.54 bits per heavy atom. The van der Waals surface area contributed by atoms with Gasteiger partial charge in [0.05, 0.1) is 6.21 Å². The second-order valence-electron chi connectivity index (χ2n) is 5.71. The summed E-state index contributed by atoms with van der Waals surface area (Å²) in [6, 6.07) is 17.6. The van der Waals surface area contributed by atoms with Gasteiger partial charge in [-0.3, -0.25) is 9.59 Å². The Morgan fingerprint density at radius 3 is 2.12 bits per heavy atom. The van der Waals surface area contributed by atoms with Crippen LogP contribution < -0.4 is 10.7 Å². The molecule has 0 heterocycles. The molecule has 124 valence electrons. The zero-order chi connectivity index (χ0) is 17.4. The lowest BCUT2D eigenvalue weighted by Crippen LogP contribution is -2.48. The van der Waals surface area contributed by atoms with Crippen LogP contribution in [0.15, 0.2) is 65.8 Å². The highest BCUT2D eigenvalue weighted by atomic mass is 16.2. The first-order valence-corrected chi connectivity index (χ1v) is 7.82. The summed E-state index contributed by atoms with van der Waals surface area (Å²) in [5.74, 6) is -0.692. The Balaban J connectivity index is 1.98. The summed E-state index contributed by atoms with van der Waals surface area (Å²) in [5.41, 5.74) is 3.88. The maximum Gasteiger partial charge on any atom is 0.262 e. The molecule has 0 unspecified atom stereocenters. The summed E-state index contributed by atoms with van der Waals surface area (Å²) in [4.78, 5) is 24.5. The summed E-state index contributed by atoms with van der Waals surface area (Å²) < 4.78 is 0. The van der Waals surface area contributed by atoms with Crippen LogP contribution in [0.4, 0.5) is 0 Å². The smallest absolute Gasteiger partial charge is 0.262 e. The Morgan fingerprint density at radius 1 is 0.958 bits per heavy atom. The molecule has 0 aliphatic heterocycles. The molecule has 0 aromatic heterocycles. The molecule has 0 aliphatic rings. The van der Waals surface area contributed by atoms with Gasteiger partial charge in [-0.25, -0.2) is 5.43 Å². The van der Waals surface area contributed by atoms with E-state index in [1.807, 2.05) is 50.2 Å². The molecular weight excluding hydrogens is 302 g/mol. The van der Waals surface area contributed by atoms with Gasteiger partial charge in [-0.05, 0) is 23.6 Å². The number of amides is 2. The monoisotopic (exact) mass is 323 g/mol. The van der Waals surface area contributed by atoms with Gasteiger partial charge < -0.3 is 5.32 Å². The third-order valence-electron chi connectivity index (χ3n) is 3.46. The molecule has 5 heteroatoms. The Labute approximate surface area is 141 Å². The number of rotatable bonds is 6. The largest absolute Gasteiger partial charge is 0.340 e. The lowest BCUT2D eigenvalue weighted by Gasteiger charge is -2.20. The molecular formula is C19H21N3O2. The number of carbonyl (C=O) groups excluding carboxylic acids is 2. The van der Waals surface area contributed by atoms with Crippen molar-refractivity contribution in [1.82, 2.24) is 10.7 Å². The molecule has 2 rings (SSSR count). The lowest BCUT2D eigenvalue weighted by atomic mass is 10.0. The number of hydrogen-bond acceptors (Lipinski definition) is 3. The van der Waals surface area contributed by atoms with Crippen molar-refractivity contribution in [3.63, 3.8) is 0 Å². The number of nitrogens with zero attached hydrogens (tertiary/aromatic N) is 1. The number of hydrogen-bond donors (Lipinski definition) is 2. The molecule has 5 nitrogen and oxygen atoms in total. The van der Waals surface area contributed by atoms with Gasteiger partial charge in [0.2, 0.25) is 0 Å². The molecule has 1 atom stereocenters. The first-order chi connectivity index (χ1) is 11.6. The van der Waals surface area contributed by atoms with Crippen molar-refractivity contribution < 1.29 is 9.59 Å². The number of benzene rings is 2. The van der Waals surface area contributed by atoms with Crippen LogP contribution in [0, 0.1) is 5.92 Å². The maximum absolute atomic E-state index is 12.3. The third-order valence-corrected chi connectivity index (χ3v) is 3.46. The molecule has 24 heavy (non-hydrogen) atoms. The molecule has 2 amide bonds. The van der Waals surface area contributed by atoms with Crippen LogP contribution in [0.1, 0.15) is 29.8 Å². The van der Waals surface area contributed by atoms with Crippen LogP contribution in [0.5, 0.6) is 0 Å². The molecule has 0 spiro atoms. The van der Waals surface area contributed by atoms with Gasteiger partial charge in [0.1, 0.15) is 6.04 Å². The summed E-state index contributed by atoms with van der Waals surface area (Å²) in [6.07, 6.45) is 1.56. The van der Waals surface area contributed by atoms with Gasteiger partial charge in [-0.15, -0.1) is 0 Å². The lowest BCUT2D eigenvalue weighted by molar-refractivity contribution is -0.123. The number of carbonyl (C=O) groups is 2. The van der Waals surface area contributed by atoms with Crippen molar-refractivity contribution in [1.29, 1.82) is 0 Å². The minimum atomic E-state index is -0.661. The van der Waals surface area contributed by atoms with E-state index in [1.165, 1.54) is 0 Å². The average molecular weight is 323 g/mol. The van der Waals surface area contributed by atoms with Crippen molar-refractivity contribution >= 4 is 18.0 Å². The van der Waals surface area contributed by atoms with Crippen LogP contribution >= 0.6 is 0 Å². The van der Waals surface area contributed by atoms with Crippen molar-refractivity contribution in [3.8, 4) is 0 Å². The molecule has 0 fully saturated rings. The standard InChI is InChI=1S/C19H21N3O2/c1-14(2)17(21-18(23)16-11-7-4-8-12-16)19(24)22-20-13-15-9-5-3-6-10-15/h3-14,17H,1-2H3,(H,21,23)(H,22,24)/b20-13-/t17-/m1/s1. The molecule has 2 aromatic rings. The van der Waals surface area contributed by atoms with Gasteiger partial charge >= 0.3 is 0 Å². The van der Waals surface area contributed by atoms with Gasteiger partial charge in [-0.2, -0.15) is 5.10 Å². The molecule has 0 saturated heterocycles. The quantitative estimate of drug-likeness (QED) is 0.633. The first-order valence-electron chi connectivity index (χ1n) is 7.82. The van der Waals surface area contributed by atoms with E-state index in [0.29, 0.717) is 5.56 Å². The molecule has 0 bridgehead atoms. The molecule has 2 N–H and O–H groups in total. The zero-order valence-corrected chi connectivity index (χ0v) is 13.8. The van der Waals surface area contributed by atoms with Crippen LogP contribution in [0.2, 0.25) is 0 Å². The fraction of sp³-hybridized carbons (Fsp3) is 0.211. The van der Waals surface area contributed by atoms with E-state index in [2.05, 4.69) is 15.8 Å². The van der Waals surface area contributed by atoms with Gasteiger partial charge in [0, 0.05) is 5.56 Å². The highest BCUT2D eigenvalue weighted by molar-refractivity contribution is 5.97. The molecule has 2 aromatic carbocycles. The van der Waals surface area contributed by atoms with Crippen LogP contribution in [0.3, 0.4) is 0 Å². The van der Waals surface area contributed by atoms with E-state index in [4.69, 9.17) is 0 Å². The van der Waals surface area contributed by atoms with Gasteiger partial charge in [0.25, 0.3) is 11.8 Å². The van der Waals surface area contributed by atoms with E-state index in [-0.39, 0.29) is 17.7 Å². The number of hydrazone groups is 1. The number of nitrogens with one attached hydrogen (secondary N) is 2.